The van der Waals surface area contributed by atoms with Gasteiger partial charge in [0.1, 0.15) is 6.61 Å². The second-order valence-corrected chi connectivity index (χ2v) is 5.47. The number of likely N-dealkylation sites (tertiary alicyclic amines) is 1. The van der Waals surface area contributed by atoms with E-state index in [0.29, 0.717) is 25.4 Å². The number of amides is 2. The first-order valence-corrected chi connectivity index (χ1v) is 7.37. The number of ether oxygens (including phenoxy) is 1. The Morgan fingerprint density at radius 2 is 2.14 bits per heavy atom. The van der Waals surface area contributed by atoms with E-state index in [0.717, 1.165) is 18.5 Å². The minimum absolute atomic E-state index is 0.174. The average molecular weight is 290 g/mol. The number of piperidine rings is 1. The van der Waals surface area contributed by atoms with Gasteiger partial charge in [-0.05, 0) is 17.9 Å². The second kappa shape index (κ2) is 7.67. The average Bonchev–Trinajstić information content (AvgIpc) is 2.48. The molecule has 1 atom stereocenters. The molecule has 21 heavy (non-hydrogen) atoms. The summed E-state index contributed by atoms with van der Waals surface area (Å²) < 4.78 is 5.11. The van der Waals surface area contributed by atoms with Crippen LogP contribution in [0.3, 0.4) is 0 Å². The molecule has 1 aliphatic heterocycles. The van der Waals surface area contributed by atoms with Crippen molar-refractivity contribution in [1.82, 2.24) is 10.2 Å². The number of hydrogen-bond donors (Lipinski definition) is 1. The number of nitrogens with zero attached hydrogens (tertiary/aromatic N) is 1. The van der Waals surface area contributed by atoms with E-state index in [1.54, 1.807) is 4.90 Å². The predicted octanol–water partition coefficient (Wildman–Crippen LogP) is 2.17. The standard InChI is InChI=1S/C16H22N2O3/c1-13-7-9-18(15(19)11-13)10-8-17-16(20)21-12-14-5-3-2-4-6-14/h2-6,13H,7-12H2,1H3,(H,17,20)/t13-/m1/s1. The molecule has 2 rings (SSSR count). The van der Waals surface area contributed by atoms with Gasteiger partial charge in [-0.2, -0.15) is 0 Å². The molecule has 5 nitrogen and oxygen atoms in total. The van der Waals surface area contributed by atoms with Gasteiger partial charge in [-0.15, -0.1) is 0 Å². The molecule has 0 radical (unpaired) electrons. The summed E-state index contributed by atoms with van der Waals surface area (Å²) in [4.78, 5) is 25.1. The van der Waals surface area contributed by atoms with Crippen LogP contribution in [0, 0.1) is 5.92 Å². The highest BCUT2D eigenvalue weighted by Crippen LogP contribution is 2.16. The molecular weight excluding hydrogens is 268 g/mol. The number of benzene rings is 1. The highest BCUT2D eigenvalue weighted by atomic mass is 16.5. The molecule has 1 heterocycles. The van der Waals surface area contributed by atoms with Gasteiger partial charge < -0.3 is 15.0 Å². The lowest BCUT2D eigenvalue weighted by Gasteiger charge is -2.30. The molecule has 0 spiro atoms. The van der Waals surface area contributed by atoms with Crippen LogP contribution < -0.4 is 5.32 Å². The maximum atomic E-state index is 11.8. The van der Waals surface area contributed by atoms with E-state index in [2.05, 4.69) is 12.2 Å². The summed E-state index contributed by atoms with van der Waals surface area (Å²) in [5.41, 5.74) is 0.952. The van der Waals surface area contributed by atoms with Gasteiger partial charge >= 0.3 is 6.09 Å². The van der Waals surface area contributed by atoms with Crippen molar-refractivity contribution in [3.8, 4) is 0 Å². The van der Waals surface area contributed by atoms with E-state index in [-0.39, 0.29) is 12.5 Å². The van der Waals surface area contributed by atoms with Crippen molar-refractivity contribution in [3.63, 3.8) is 0 Å². The minimum atomic E-state index is -0.448. The Morgan fingerprint density at radius 1 is 1.38 bits per heavy atom. The zero-order valence-electron chi connectivity index (χ0n) is 12.4. The Labute approximate surface area is 125 Å². The summed E-state index contributed by atoms with van der Waals surface area (Å²) in [5, 5.41) is 2.68. The van der Waals surface area contributed by atoms with Crippen molar-refractivity contribution in [2.45, 2.75) is 26.4 Å². The Kier molecular flexibility index (Phi) is 5.60. The van der Waals surface area contributed by atoms with Crippen molar-refractivity contribution in [3.05, 3.63) is 35.9 Å². The van der Waals surface area contributed by atoms with Gasteiger partial charge in [0.25, 0.3) is 0 Å². The summed E-state index contributed by atoms with van der Waals surface area (Å²) in [5.74, 6) is 0.644. The van der Waals surface area contributed by atoms with Crippen LogP contribution in [0.4, 0.5) is 4.79 Å². The molecule has 0 unspecified atom stereocenters. The van der Waals surface area contributed by atoms with Crippen LogP contribution in [-0.2, 0) is 16.1 Å². The maximum Gasteiger partial charge on any atom is 0.407 e. The van der Waals surface area contributed by atoms with E-state index in [1.807, 2.05) is 30.3 Å². The molecular formula is C16H22N2O3. The third-order valence-corrected chi connectivity index (χ3v) is 3.63. The van der Waals surface area contributed by atoms with Crippen LogP contribution in [-0.4, -0.2) is 36.5 Å². The molecule has 0 saturated carbocycles. The van der Waals surface area contributed by atoms with E-state index in [1.165, 1.54) is 0 Å². The van der Waals surface area contributed by atoms with Gasteiger partial charge in [0.05, 0.1) is 0 Å². The molecule has 0 aliphatic carbocycles. The topological polar surface area (TPSA) is 58.6 Å². The molecule has 5 heteroatoms. The molecule has 2 amide bonds. The number of alkyl carbamates (subject to hydrolysis) is 1. The fourth-order valence-corrected chi connectivity index (χ4v) is 2.33. The molecule has 114 valence electrons. The van der Waals surface area contributed by atoms with Crippen LogP contribution in [0.5, 0.6) is 0 Å². The fraction of sp³-hybridized carbons (Fsp3) is 0.500. The first kappa shape index (κ1) is 15.4. The van der Waals surface area contributed by atoms with Gasteiger partial charge in [0.15, 0.2) is 0 Å². The quantitative estimate of drug-likeness (QED) is 0.904. The summed E-state index contributed by atoms with van der Waals surface area (Å²) in [6.07, 6.45) is 1.19. The third-order valence-electron chi connectivity index (χ3n) is 3.63. The summed E-state index contributed by atoms with van der Waals surface area (Å²) in [6.45, 7) is 4.10. The summed E-state index contributed by atoms with van der Waals surface area (Å²) in [7, 11) is 0. The molecule has 1 saturated heterocycles. The number of rotatable bonds is 5. The van der Waals surface area contributed by atoms with Crippen molar-refractivity contribution in [2.75, 3.05) is 19.6 Å². The van der Waals surface area contributed by atoms with Gasteiger partial charge in [-0.3, -0.25) is 4.79 Å². The van der Waals surface area contributed by atoms with Crippen LogP contribution >= 0.6 is 0 Å². The van der Waals surface area contributed by atoms with E-state index in [9.17, 15) is 9.59 Å². The third kappa shape index (κ3) is 5.10. The summed E-state index contributed by atoms with van der Waals surface area (Å²) >= 11 is 0. The fourth-order valence-electron chi connectivity index (χ4n) is 2.33. The van der Waals surface area contributed by atoms with Crippen molar-refractivity contribution in [2.24, 2.45) is 5.92 Å². The first-order valence-electron chi connectivity index (χ1n) is 7.37. The second-order valence-electron chi connectivity index (χ2n) is 5.47. The van der Waals surface area contributed by atoms with Crippen LogP contribution in [0.1, 0.15) is 25.3 Å². The molecule has 1 fully saturated rings. The van der Waals surface area contributed by atoms with Crippen molar-refractivity contribution < 1.29 is 14.3 Å². The zero-order chi connectivity index (χ0) is 15.1. The summed E-state index contributed by atoms with van der Waals surface area (Å²) in [6, 6.07) is 9.53. The van der Waals surface area contributed by atoms with Crippen molar-refractivity contribution >= 4 is 12.0 Å². The van der Waals surface area contributed by atoms with Crippen LogP contribution in [0.2, 0.25) is 0 Å². The van der Waals surface area contributed by atoms with Gasteiger partial charge in [0, 0.05) is 26.1 Å². The maximum absolute atomic E-state index is 11.8. The van der Waals surface area contributed by atoms with Gasteiger partial charge in [-0.25, -0.2) is 4.79 Å². The van der Waals surface area contributed by atoms with Crippen molar-refractivity contribution in [1.29, 1.82) is 0 Å². The van der Waals surface area contributed by atoms with E-state index in [4.69, 9.17) is 4.74 Å². The Balaban J connectivity index is 1.62. The molecule has 1 aromatic carbocycles. The SMILES string of the molecule is C[C@@H]1CCN(CCNC(=O)OCc2ccccc2)C(=O)C1. The molecule has 0 bridgehead atoms. The number of carbonyl (C=O) groups is 2. The molecule has 1 N–H and O–H groups in total. The number of carbonyl (C=O) groups excluding carboxylic acids is 2. The lowest BCUT2D eigenvalue weighted by molar-refractivity contribution is -0.134. The Bertz CT molecular complexity index is 476. The number of nitrogens with one attached hydrogen (secondary N) is 1. The van der Waals surface area contributed by atoms with E-state index < -0.39 is 6.09 Å². The molecule has 1 aromatic rings. The highest BCUT2D eigenvalue weighted by Gasteiger charge is 2.22. The largest absolute Gasteiger partial charge is 0.445 e. The Hall–Kier alpha value is -2.04. The van der Waals surface area contributed by atoms with Gasteiger partial charge in [-0.1, -0.05) is 37.3 Å². The van der Waals surface area contributed by atoms with Gasteiger partial charge in [0.2, 0.25) is 5.91 Å². The molecule has 0 aromatic heterocycles. The first-order chi connectivity index (χ1) is 10.1. The normalized spacial score (nSPS) is 18.4. The molecule has 1 aliphatic rings. The lowest BCUT2D eigenvalue weighted by Crippen LogP contribution is -2.42. The smallest absolute Gasteiger partial charge is 0.407 e. The van der Waals surface area contributed by atoms with Crippen LogP contribution in [0.15, 0.2) is 30.3 Å². The van der Waals surface area contributed by atoms with E-state index >= 15 is 0 Å². The van der Waals surface area contributed by atoms with Crippen LogP contribution in [0.25, 0.3) is 0 Å². The highest BCUT2D eigenvalue weighted by molar-refractivity contribution is 5.77. The monoisotopic (exact) mass is 290 g/mol. The number of hydrogen-bond acceptors (Lipinski definition) is 3. The minimum Gasteiger partial charge on any atom is -0.445 e. The predicted molar refractivity (Wildman–Crippen MR) is 79.6 cm³/mol. The lowest BCUT2D eigenvalue weighted by atomic mass is 9.99. The zero-order valence-corrected chi connectivity index (χ0v) is 12.4. The Morgan fingerprint density at radius 3 is 2.86 bits per heavy atom.